The van der Waals surface area contributed by atoms with Gasteiger partial charge in [0.25, 0.3) is 5.91 Å². The summed E-state index contributed by atoms with van der Waals surface area (Å²) in [5.41, 5.74) is 0.465. The Morgan fingerprint density at radius 2 is 1.85 bits per heavy atom. The van der Waals surface area contributed by atoms with E-state index < -0.39 is 11.9 Å². The van der Waals surface area contributed by atoms with Crippen molar-refractivity contribution in [2.24, 2.45) is 0 Å². The quantitative estimate of drug-likeness (QED) is 0.660. The predicted octanol–water partition coefficient (Wildman–Crippen LogP) is 1.73. The van der Waals surface area contributed by atoms with Crippen molar-refractivity contribution in [2.75, 3.05) is 13.2 Å². The molecule has 2 rings (SSSR count). The normalized spacial score (nSPS) is 10.2. The van der Waals surface area contributed by atoms with Crippen molar-refractivity contribution < 1.29 is 28.6 Å². The van der Waals surface area contributed by atoms with Gasteiger partial charge in [-0.25, -0.2) is 4.79 Å². The van der Waals surface area contributed by atoms with Crippen LogP contribution in [-0.2, 0) is 11.3 Å². The van der Waals surface area contributed by atoms with Crippen LogP contribution in [0.5, 0.6) is 5.75 Å². The predicted molar refractivity (Wildman–Crippen MR) is 92.2 cm³/mol. The van der Waals surface area contributed by atoms with E-state index in [2.05, 4.69) is 10.6 Å². The van der Waals surface area contributed by atoms with E-state index in [4.69, 9.17) is 14.3 Å². The number of aryl methyl sites for hydroxylation is 1. The molecule has 0 bridgehead atoms. The third-order valence-corrected chi connectivity index (χ3v) is 3.50. The zero-order valence-corrected chi connectivity index (χ0v) is 14.5. The number of carboxylic acid groups (broad SMARTS) is 1. The number of carboxylic acids is 1. The SMILES string of the molecule is CCOc1ccc(C(=O)NCC(=O)NCc2cc(C(=O)O)c(C)o2)cc1. The van der Waals surface area contributed by atoms with Gasteiger partial charge in [0.2, 0.25) is 5.91 Å². The molecule has 2 aromatic rings. The molecule has 0 unspecified atom stereocenters. The van der Waals surface area contributed by atoms with Gasteiger partial charge in [0, 0.05) is 5.56 Å². The summed E-state index contributed by atoms with van der Waals surface area (Å²) in [6, 6.07) is 7.93. The van der Waals surface area contributed by atoms with Crippen LogP contribution in [0.25, 0.3) is 0 Å². The molecule has 0 spiro atoms. The fourth-order valence-electron chi connectivity index (χ4n) is 2.22. The van der Waals surface area contributed by atoms with Crippen molar-refractivity contribution in [3.63, 3.8) is 0 Å². The first-order valence-electron chi connectivity index (χ1n) is 8.01. The van der Waals surface area contributed by atoms with Crippen molar-refractivity contribution in [3.8, 4) is 5.75 Å². The summed E-state index contributed by atoms with van der Waals surface area (Å²) >= 11 is 0. The molecule has 0 fully saturated rings. The molecule has 0 atom stereocenters. The molecule has 3 N–H and O–H groups in total. The van der Waals surface area contributed by atoms with Crippen LogP contribution >= 0.6 is 0 Å². The minimum Gasteiger partial charge on any atom is -0.494 e. The number of rotatable bonds is 8. The van der Waals surface area contributed by atoms with Gasteiger partial charge in [0.1, 0.15) is 22.8 Å². The summed E-state index contributed by atoms with van der Waals surface area (Å²) < 4.78 is 10.6. The van der Waals surface area contributed by atoms with E-state index in [0.717, 1.165) is 0 Å². The summed E-state index contributed by atoms with van der Waals surface area (Å²) in [6.45, 7) is 3.76. The summed E-state index contributed by atoms with van der Waals surface area (Å²) in [5, 5.41) is 14.0. The zero-order chi connectivity index (χ0) is 19.1. The van der Waals surface area contributed by atoms with Gasteiger partial charge in [-0.15, -0.1) is 0 Å². The molecule has 0 aliphatic heterocycles. The molecule has 0 radical (unpaired) electrons. The smallest absolute Gasteiger partial charge is 0.339 e. The number of hydrogen-bond acceptors (Lipinski definition) is 5. The molecule has 0 saturated carbocycles. The summed E-state index contributed by atoms with van der Waals surface area (Å²) in [6.07, 6.45) is 0. The largest absolute Gasteiger partial charge is 0.494 e. The van der Waals surface area contributed by atoms with Crippen LogP contribution in [-0.4, -0.2) is 36.0 Å². The fraction of sp³-hybridized carbons (Fsp3) is 0.278. The van der Waals surface area contributed by atoms with Crippen LogP contribution in [0.2, 0.25) is 0 Å². The molecule has 138 valence electrons. The number of furan rings is 1. The van der Waals surface area contributed by atoms with Gasteiger partial charge in [-0.3, -0.25) is 9.59 Å². The van der Waals surface area contributed by atoms with E-state index in [1.54, 1.807) is 24.3 Å². The van der Waals surface area contributed by atoms with E-state index in [1.165, 1.54) is 13.0 Å². The van der Waals surface area contributed by atoms with Gasteiger partial charge >= 0.3 is 5.97 Å². The lowest BCUT2D eigenvalue weighted by atomic mass is 10.2. The second-order valence-corrected chi connectivity index (χ2v) is 5.40. The van der Waals surface area contributed by atoms with Gasteiger partial charge in [-0.05, 0) is 44.2 Å². The second-order valence-electron chi connectivity index (χ2n) is 5.40. The van der Waals surface area contributed by atoms with E-state index in [9.17, 15) is 14.4 Å². The van der Waals surface area contributed by atoms with Crippen LogP contribution in [0.4, 0.5) is 0 Å². The van der Waals surface area contributed by atoms with Crippen LogP contribution in [0.3, 0.4) is 0 Å². The lowest BCUT2D eigenvalue weighted by Gasteiger charge is -2.07. The Bertz CT molecular complexity index is 795. The average Bonchev–Trinajstić information content (AvgIpc) is 3.00. The number of benzene rings is 1. The molecule has 1 heterocycles. The fourth-order valence-corrected chi connectivity index (χ4v) is 2.22. The third kappa shape index (κ3) is 5.10. The summed E-state index contributed by atoms with van der Waals surface area (Å²) in [4.78, 5) is 34.8. The Hall–Kier alpha value is -3.29. The lowest BCUT2D eigenvalue weighted by Crippen LogP contribution is -2.36. The van der Waals surface area contributed by atoms with Crippen molar-refractivity contribution in [2.45, 2.75) is 20.4 Å². The molecular formula is C18H20N2O6. The topological polar surface area (TPSA) is 118 Å². The highest BCUT2D eigenvalue weighted by Gasteiger charge is 2.14. The molecule has 8 nitrogen and oxygen atoms in total. The Labute approximate surface area is 150 Å². The van der Waals surface area contributed by atoms with Crippen molar-refractivity contribution in [1.29, 1.82) is 0 Å². The lowest BCUT2D eigenvalue weighted by molar-refractivity contribution is -0.120. The minimum atomic E-state index is -1.09. The summed E-state index contributed by atoms with van der Waals surface area (Å²) in [7, 11) is 0. The molecule has 0 aliphatic rings. The number of aromatic carboxylic acids is 1. The highest BCUT2D eigenvalue weighted by Crippen LogP contribution is 2.14. The van der Waals surface area contributed by atoms with Crippen LogP contribution < -0.4 is 15.4 Å². The van der Waals surface area contributed by atoms with Crippen LogP contribution in [0, 0.1) is 6.92 Å². The monoisotopic (exact) mass is 360 g/mol. The average molecular weight is 360 g/mol. The van der Waals surface area contributed by atoms with Crippen molar-refractivity contribution >= 4 is 17.8 Å². The molecule has 0 aliphatic carbocycles. The maximum absolute atomic E-state index is 12.0. The van der Waals surface area contributed by atoms with Gasteiger partial charge in [0.05, 0.1) is 19.7 Å². The maximum atomic E-state index is 12.0. The molecular weight excluding hydrogens is 340 g/mol. The van der Waals surface area contributed by atoms with Crippen molar-refractivity contribution in [3.05, 3.63) is 53.0 Å². The Morgan fingerprint density at radius 3 is 2.42 bits per heavy atom. The third-order valence-electron chi connectivity index (χ3n) is 3.50. The maximum Gasteiger partial charge on any atom is 0.339 e. The van der Waals surface area contributed by atoms with E-state index in [1.807, 2.05) is 6.92 Å². The van der Waals surface area contributed by atoms with Gasteiger partial charge in [-0.1, -0.05) is 0 Å². The highest BCUT2D eigenvalue weighted by atomic mass is 16.5. The number of carbonyl (C=O) groups is 3. The van der Waals surface area contributed by atoms with Gasteiger partial charge in [-0.2, -0.15) is 0 Å². The number of amides is 2. The molecule has 1 aromatic carbocycles. The van der Waals surface area contributed by atoms with Gasteiger partial charge < -0.3 is 24.9 Å². The van der Waals surface area contributed by atoms with Crippen molar-refractivity contribution in [1.82, 2.24) is 10.6 Å². The summed E-state index contributed by atoms with van der Waals surface area (Å²) in [5.74, 6) is -0.639. The molecule has 8 heteroatoms. The number of carbonyl (C=O) groups excluding carboxylic acids is 2. The molecule has 26 heavy (non-hydrogen) atoms. The van der Waals surface area contributed by atoms with E-state index >= 15 is 0 Å². The first kappa shape index (κ1) is 19.0. The first-order valence-corrected chi connectivity index (χ1v) is 8.01. The molecule has 0 saturated heterocycles. The van der Waals surface area contributed by atoms with Gasteiger partial charge in [0.15, 0.2) is 0 Å². The Balaban J connectivity index is 1.80. The molecule has 1 aromatic heterocycles. The number of ether oxygens (including phenoxy) is 1. The Morgan fingerprint density at radius 1 is 1.15 bits per heavy atom. The first-order chi connectivity index (χ1) is 12.4. The second kappa shape index (κ2) is 8.70. The van der Waals surface area contributed by atoms with Crippen LogP contribution in [0.1, 0.15) is 39.2 Å². The highest BCUT2D eigenvalue weighted by molar-refractivity contribution is 5.96. The minimum absolute atomic E-state index is 0.0336. The van der Waals surface area contributed by atoms with E-state index in [-0.39, 0.29) is 30.3 Å². The Kier molecular flexibility index (Phi) is 6.37. The van der Waals surface area contributed by atoms with E-state index in [0.29, 0.717) is 23.7 Å². The zero-order valence-electron chi connectivity index (χ0n) is 14.5. The van der Waals surface area contributed by atoms with Crippen LogP contribution in [0.15, 0.2) is 34.7 Å². The molecule has 2 amide bonds. The number of hydrogen-bond donors (Lipinski definition) is 3. The standard InChI is InChI=1S/C18H20N2O6/c1-3-25-13-6-4-12(5-7-13)17(22)20-10-16(21)19-9-14-8-15(18(23)24)11(2)26-14/h4-8H,3,9-10H2,1-2H3,(H,19,21)(H,20,22)(H,23,24). The number of nitrogens with one attached hydrogen (secondary N) is 2.